The Hall–Kier alpha value is -1.96. The topological polar surface area (TPSA) is 75.9 Å². The van der Waals surface area contributed by atoms with Gasteiger partial charge in [-0.25, -0.2) is 4.98 Å². The lowest BCUT2D eigenvalue weighted by atomic mass is 10.1. The lowest BCUT2D eigenvalue weighted by Gasteiger charge is -2.16. The first kappa shape index (κ1) is 15.9. The third-order valence-corrected chi connectivity index (χ3v) is 4.50. The number of hydrogen-bond donors (Lipinski definition) is 1. The third kappa shape index (κ3) is 3.36. The van der Waals surface area contributed by atoms with Crippen LogP contribution in [0.3, 0.4) is 0 Å². The van der Waals surface area contributed by atoms with Crippen molar-refractivity contribution in [3.8, 4) is 0 Å². The molecule has 1 atom stereocenters. The summed E-state index contributed by atoms with van der Waals surface area (Å²) in [6.45, 7) is 6.90. The predicted octanol–water partition coefficient (Wildman–Crippen LogP) is 2.00. The van der Waals surface area contributed by atoms with Crippen molar-refractivity contribution in [3.63, 3.8) is 0 Å². The Labute approximate surface area is 139 Å². The summed E-state index contributed by atoms with van der Waals surface area (Å²) in [5.41, 5.74) is 0.911. The quantitative estimate of drug-likeness (QED) is 0.905. The third-order valence-electron chi connectivity index (χ3n) is 3.82. The van der Waals surface area contributed by atoms with Crippen molar-refractivity contribution in [2.75, 3.05) is 16.8 Å². The standard InChI is InChI=1S/C15H22N6OS/c1-9(2)7-12-17-15(23-19-12)16-11-5-6-21(14(11)22)13-8-10(3)18-20(13)4/h8-9,11H,5-7H2,1-4H3,(H,16,17,19)/t11-/m1/s1. The number of carbonyl (C=O) groups is 1. The van der Waals surface area contributed by atoms with Crippen LogP contribution in [-0.4, -0.2) is 37.6 Å². The van der Waals surface area contributed by atoms with Crippen molar-refractivity contribution < 1.29 is 4.79 Å². The van der Waals surface area contributed by atoms with Crippen LogP contribution in [0.5, 0.6) is 0 Å². The molecule has 0 saturated carbocycles. The molecule has 0 spiro atoms. The van der Waals surface area contributed by atoms with Gasteiger partial charge in [0.2, 0.25) is 5.13 Å². The Morgan fingerprint density at radius 3 is 2.91 bits per heavy atom. The highest BCUT2D eigenvalue weighted by molar-refractivity contribution is 7.09. The number of nitrogens with zero attached hydrogens (tertiary/aromatic N) is 5. The zero-order valence-corrected chi connectivity index (χ0v) is 14.7. The van der Waals surface area contributed by atoms with E-state index in [0.29, 0.717) is 12.5 Å². The van der Waals surface area contributed by atoms with Crippen LogP contribution in [0.2, 0.25) is 0 Å². The number of aryl methyl sites for hydroxylation is 2. The molecule has 2 aromatic rings. The van der Waals surface area contributed by atoms with Gasteiger partial charge in [0, 0.05) is 37.6 Å². The number of rotatable bonds is 5. The Bertz CT molecular complexity index is 707. The first-order valence-corrected chi connectivity index (χ1v) is 8.62. The van der Waals surface area contributed by atoms with Crippen molar-refractivity contribution >= 4 is 28.4 Å². The maximum atomic E-state index is 12.6. The molecule has 3 rings (SSSR count). The fourth-order valence-corrected chi connectivity index (χ4v) is 3.45. The van der Waals surface area contributed by atoms with E-state index in [4.69, 9.17) is 0 Å². The van der Waals surface area contributed by atoms with Crippen LogP contribution in [-0.2, 0) is 18.3 Å². The first-order valence-electron chi connectivity index (χ1n) is 7.85. The van der Waals surface area contributed by atoms with Gasteiger partial charge in [0.15, 0.2) is 0 Å². The fourth-order valence-electron chi connectivity index (χ4n) is 2.80. The largest absolute Gasteiger partial charge is 0.348 e. The molecule has 23 heavy (non-hydrogen) atoms. The van der Waals surface area contributed by atoms with Crippen LogP contribution in [0.25, 0.3) is 0 Å². The lowest BCUT2D eigenvalue weighted by molar-refractivity contribution is -0.117. The summed E-state index contributed by atoms with van der Waals surface area (Å²) < 4.78 is 6.10. The molecular weight excluding hydrogens is 312 g/mol. The zero-order chi connectivity index (χ0) is 16.6. The molecule has 0 aliphatic carbocycles. The van der Waals surface area contributed by atoms with Crippen LogP contribution < -0.4 is 10.2 Å². The molecule has 1 aliphatic rings. The number of nitrogens with one attached hydrogen (secondary N) is 1. The Morgan fingerprint density at radius 1 is 1.48 bits per heavy atom. The first-order chi connectivity index (χ1) is 10.9. The number of anilines is 2. The molecule has 3 heterocycles. The summed E-state index contributed by atoms with van der Waals surface area (Å²) in [7, 11) is 1.86. The number of carbonyl (C=O) groups excluding carboxylic acids is 1. The van der Waals surface area contributed by atoms with E-state index < -0.39 is 0 Å². The SMILES string of the molecule is Cc1cc(N2CC[C@@H](Nc3nc(CC(C)C)ns3)C2=O)n(C)n1. The van der Waals surface area contributed by atoms with E-state index in [1.165, 1.54) is 11.5 Å². The average molecular weight is 334 g/mol. The van der Waals surface area contributed by atoms with Crippen LogP contribution in [0.1, 0.15) is 31.8 Å². The molecule has 1 fully saturated rings. The van der Waals surface area contributed by atoms with E-state index in [9.17, 15) is 4.79 Å². The van der Waals surface area contributed by atoms with Gasteiger partial charge in [0.05, 0.1) is 5.69 Å². The lowest BCUT2D eigenvalue weighted by Crippen LogP contribution is -2.34. The van der Waals surface area contributed by atoms with Gasteiger partial charge < -0.3 is 5.32 Å². The van der Waals surface area contributed by atoms with Gasteiger partial charge >= 0.3 is 0 Å². The maximum Gasteiger partial charge on any atom is 0.250 e. The molecule has 1 N–H and O–H groups in total. The number of aromatic nitrogens is 4. The van der Waals surface area contributed by atoms with Gasteiger partial charge in [-0.1, -0.05) is 13.8 Å². The van der Waals surface area contributed by atoms with E-state index in [1.807, 2.05) is 20.0 Å². The van der Waals surface area contributed by atoms with Gasteiger partial charge in [0.25, 0.3) is 5.91 Å². The molecule has 2 aromatic heterocycles. The van der Waals surface area contributed by atoms with Gasteiger partial charge in [-0.3, -0.25) is 14.4 Å². The maximum absolute atomic E-state index is 12.6. The molecule has 1 aliphatic heterocycles. The molecule has 124 valence electrons. The van der Waals surface area contributed by atoms with Gasteiger partial charge in [-0.05, 0) is 19.3 Å². The number of amides is 1. The van der Waals surface area contributed by atoms with E-state index in [-0.39, 0.29) is 11.9 Å². The summed E-state index contributed by atoms with van der Waals surface area (Å²) in [6.07, 6.45) is 1.61. The zero-order valence-electron chi connectivity index (χ0n) is 13.9. The molecule has 0 aromatic carbocycles. The summed E-state index contributed by atoms with van der Waals surface area (Å²) in [5.74, 6) is 2.27. The summed E-state index contributed by atoms with van der Waals surface area (Å²) in [5, 5.41) is 8.27. The Morgan fingerprint density at radius 2 is 2.26 bits per heavy atom. The van der Waals surface area contributed by atoms with Crippen molar-refractivity contribution in [1.82, 2.24) is 19.1 Å². The summed E-state index contributed by atoms with van der Waals surface area (Å²) in [4.78, 5) is 18.9. The highest BCUT2D eigenvalue weighted by Crippen LogP contribution is 2.24. The molecule has 1 saturated heterocycles. The molecular formula is C15H22N6OS. The Kier molecular flexibility index (Phi) is 4.34. The van der Waals surface area contributed by atoms with Crippen LogP contribution >= 0.6 is 11.5 Å². The fraction of sp³-hybridized carbons (Fsp3) is 0.600. The van der Waals surface area contributed by atoms with E-state index in [0.717, 1.165) is 35.3 Å². The van der Waals surface area contributed by atoms with Crippen molar-refractivity contribution in [1.29, 1.82) is 0 Å². The molecule has 0 unspecified atom stereocenters. The van der Waals surface area contributed by atoms with E-state index in [1.54, 1.807) is 9.58 Å². The normalized spacial score (nSPS) is 18.2. The highest BCUT2D eigenvalue weighted by atomic mass is 32.1. The van der Waals surface area contributed by atoms with Crippen LogP contribution in [0.4, 0.5) is 10.9 Å². The van der Waals surface area contributed by atoms with Gasteiger partial charge in [-0.15, -0.1) is 0 Å². The second kappa shape index (κ2) is 6.27. The van der Waals surface area contributed by atoms with Gasteiger partial charge in [-0.2, -0.15) is 9.47 Å². The molecule has 1 amide bonds. The van der Waals surface area contributed by atoms with Crippen molar-refractivity contribution in [3.05, 3.63) is 17.6 Å². The minimum atomic E-state index is -0.245. The van der Waals surface area contributed by atoms with Crippen LogP contribution in [0, 0.1) is 12.8 Å². The Balaban J connectivity index is 1.67. The number of hydrogen-bond acceptors (Lipinski definition) is 6. The van der Waals surface area contributed by atoms with E-state index >= 15 is 0 Å². The van der Waals surface area contributed by atoms with Crippen molar-refractivity contribution in [2.24, 2.45) is 13.0 Å². The predicted molar refractivity (Wildman–Crippen MR) is 90.8 cm³/mol. The molecule has 0 radical (unpaired) electrons. The summed E-state index contributed by atoms with van der Waals surface area (Å²) in [6, 6.07) is 1.69. The second-order valence-corrected chi connectivity index (χ2v) is 7.11. The average Bonchev–Trinajstić information content (AvgIpc) is 3.12. The molecule has 7 nitrogen and oxygen atoms in total. The highest BCUT2D eigenvalue weighted by Gasteiger charge is 2.34. The monoisotopic (exact) mass is 334 g/mol. The molecule has 8 heteroatoms. The minimum absolute atomic E-state index is 0.0635. The minimum Gasteiger partial charge on any atom is -0.348 e. The van der Waals surface area contributed by atoms with Crippen LogP contribution in [0.15, 0.2) is 6.07 Å². The van der Waals surface area contributed by atoms with Gasteiger partial charge in [0.1, 0.15) is 17.7 Å². The smallest absolute Gasteiger partial charge is 0.250 e. The molecule has 0 bridgehead atoms. The second-order valence-electron chi connectivity index (χ2n) is 6.36. The van der Waals surface area contributed by atoms with Crippen molar-refractivity contribution in [2.45, 2.75) is 39.7 Å². The van der Waals surface area contributed by atoms with E-state index in [2.05, 4.69) is 33.6 Å². The summed E-state index contributed by atoms with van der Waals surface area (Å²) >= 11 is 1.32.